The smallest absolute Gasteiger partial charge is 0.0612 e. The minimum absolute atomic E-state index is 0.479. The van der Waals surface area contributed by atoms with Crippen LogP contribution in [0.25, 0.3) is 0 Å². The van der Waals surface area contributed by atoms with Gasteiger partial charge in [0.25, 0.3) is 0 Å². The number of nitrogens with one attached hydrogen (secondary N) is 1. The van der Waals surface area contributed by atoms with Crippen LogP contribution in [0, 0.1) is 5.92 Å². The highest BCUT2D eigenvalue weighted by molar-refractivity contribution is 4.90. The van der Waals surface area contributed by atoms with Gasteiger partial charge in [0.05, 0.1) is 6.10 Å². The molecule has 19 heavy (non-hydrogen) atoms. The Balaban J connectivity index is 1.47. The highest BCUT2D eigenvalue weighted by Crippen LogP contribution is 2.25. The van der Waals surface area contributed by atoms with Crippen molar-refractivity contribution in [2.75, 3.05) is 45.9 Å². The molecule has 110 valence electrons. The fraction of sp³-hybridized carbons (Fsp3) is 1.00. The Kier molecular flexibility index (Phi) is 4.42. The molecule has 3 heterocycles. The van der Waals surface area contributed by atoms with Crippen molar-refractivity contribution in [2.45, 2.75) is 44.9 Å². The first-order valence-corrected chi connectivity index (χ1v) is 8.04. The molecule has 1 N–H and O–H groups in total. The van der Waals surface area contributed by atoms with E-state index in [1.807, 2.05) is 0 Å². The Labute approximate surface area is 117 Å². The fourth-order valence-electron chi connectivity index (χ4n) is 3.61. The molecule has 3 fully saturated rings. The van der Waals surface area contributed by atoms with E-state index in [1.54, 1.807) is 0 Å². The standard InChI is InChI=1S/C15H29N3O/c1-12(2)15-9-13(3-8-19-15)17-4-6-18(7-5-17)14-10-16-11-14/h12-16H,3-11H2,1-2H3. The topological polar surface area (TPSA) is 27.7 Å². The van der Waals surface area contributed by atoms with Crippen molar-refractivity contribution in [1.82, 2.24) is 15.1 Å². The second-order valence-corrected chi connectivity index (χ2v) is 6.72. The summed E-state index contributed by atoms with van der Waals surface area (Å²) in [7, 11) is 0. The molecule has 4 nitrogen and oxygen atoms in total. The van der Waals surface area contributed by atoms with Crippen LogP contribution < -0.4 is 5.32 Å². The minimum Gasteiger partial charge on any atom is -0.378 e. The molecule has 4 heteroatoms. The average Bonchev–Trinajstić information content (AvgIpc) is 2.38. The first-order chi connectivity index (χ1) is 9.24. The Hall–Kier alpha value is -0.160. The van der Waals surface area contributed by atoms with Crippen LogP contribution in [0.1, 0.15) is 26.7 Å². The van der Waals surface area contributed by atoms with E-state index in [-0.39, 0.29) is 0 Å². The summed E-state index contributed by atoms with van der Waals surface area (Å²) in [6, 6.07) is 1.59. The summed E-state index contributed by atoms with van der Waals surface area (Å²) < 4.78 is 5.90. The van der Waals surface area contributed by atoms with Gasteiger partial charge in [-0.05, 0) is 18.8 Å². The zero-order chi connectivity index (χ0) is 13.2. The molecule has 3 aliphatic heterocycles. The summed E-state index contributed by atoms with van der Waals surface area (Å²) in [6.07, 6.45) is 2.95. The van der Waals surface area contributed by atoms with Crippen molar-refractivity contribution in [3.8, 4) is 0 Å². The number of hydrogen-bond acceptors (Lipinski definition) is 4. The molecule has 0 aromatic heterocycles. The van der Waals surface area contributed by atoms with Gasteiger partial charge in [0.15, 0.2) is 0 Å². The summed E-state index contributed by atoms with van der Waals surface area (Å²) in [5, 5.41) is 3.38. The van der Waals surface area contributed by atoms with E-state index in [0.717, 1.165) is 18.7 Å². The number of piperazine rings is 1. The molecule has 0 aliphatic carbocycles. The van der Waals surface area contributed by atoms with Gasteiger partial charge in [-0.15, -0.1) is 0 Å². The monoisotopic (exact) mass is 267 g/mol. The molecular weight excluding hydrogens is 238 g/mol. The van der Waals surface area contributed by atoms with Crippen LogP contribution in [-0.2, 0) is 4.74 Å². The van der Waals surface area contributed by atoms with E-state index >= 15 is 0 Å². The van der Waals surface area contributed by atoms with Gasteiger partial charge in [-0.1, -0.05) is 13.8 Å². The van der Waals surface area contributed by atoms with Crippen molar-refractivity contribution in [3.05, 3.63) is 0 Å². The van der Waals surface area contributed by atoms with E-state index in [9.17, 15) is 0 Å². The molecule has 0 spiro atoms. The van der Waals surface area contributed by atoms with Crippen LogP contribution in [-0.4, -0.2) is 73.9 Å². The highest BCUT2D eigenvalue weighted by Gasteiger charge is 2.33. The van der Waals surface area contributed by atoms with Crippen LogP contribution in [0.4, 0.5) is 0 Å². The van der Waals surface area contributed by atoms with Gasteiger partial charge in [0.2, 0.25) is 0 Å². The molecule has 0 amide bonds. The van der Waals surface area contributed by atoms with Crippen molar-refractivity contribution in [3.63, 3.8) is 0 Å². The van der Waals surface area contributed by atoms with E-state index in [0.29, 0.717) is 12.0 Å². The maximum absolute atomic E-state index is 5.90. The maximum atomic E-state index is 5.90. The van der Waals surface area contributed by atoms with Crippen molar-refractivity contribution in [1.29, 1.82) is 0 Å². The first kappa shape index (κ1) is 13.8. The molecule has 2 unspecified atom stereocenters. The third kappa shape index (κ3) is 3.13. The molecule has 0 saturated carbocycles. The summed E-state index contributed by atoms with van der Waals surface area (Å²) in [6.45, 7) is 13.0. The van der Waals surface area contributed by atoms with Crippen LogP contribution >= 0.6 is 0 Å². The Morgan fingerprint density at radius 3 is 2.16 bits per heavy atom. The van der Waals surface area contributed by atoms with Gasteiger partial charge < -0.3 is 10.1 Å². The summed E-state index contributed by atoms with van der Waals surface area (Å²) in [5.41, 5.74) is 0. The lowest BCUT2D eigenvalue weighted by Crippen LogP contribution is -2.62. The molecule has 3 aliphatic rings. The average molecular weight is 267 g/mol. The van der Waals surface area contributed by atoms with Gasteiger partial charge in [-0.25, -0.2) is 0 Å². The van der Waals surface area contributed by atoms with Gasteiger partial charge >= 0.3 is 0 Å². The molecule has 3 saturated heterocycles. The molecule has 3 rings (SSSR count). The molecular formula is C15H29N3O. The van der Waals surface area contributed by atoms with Gasteiger partial charge in [0.1, 0.15) is 0 Å². The summed E-state index contributed by atoms with van der Waals surface area (Å²) >= 11 is 0. The summed E-state index contributed by atoms with van der Waals surface area (Å²) in [5.74, 6) is 0.658. The predicted octanol–water partition coefficient (Wildman–Crippen LogP) is 0.779. The second-order valence-electron chi connectivity index (χ2n) is 6.72. The largest absolute Gasteiger partial charge is 0.378 e. The maximum Gasteiger partial charge on any atom is 0.0612 e. The predicted molar refractivity (Wildman–Crippen MR) is 77.4 cm³/mol. The number of rotatable bonds is 3. The van der Waals surface area contributed by atoms with E-state index < -0.39 is 0 Å². The van der Waals surface area contributed by atoms with E-state index in [4.69, 9.17) is 4.74 Å². The molecule has 2 atom stereocenters. The number of hydrogen-bond donors (Lipinski definition) is 1. The van der Waals surface area contributed by atoms with E-state index in [2.05, 4.69) is 29.0 Å². The lowest BCUT2D eigenvalue weighted by Gasteiger charge is -2.46. The lowest BCUT2D eigenvalue weighted by atomic mass is 9.94. The second kappa shape index (κ2) is 6.08. The third-order valence-electron chi connectivity index (χ3n) is 5.17. The number of ether oxygens (including phenoxy) is 1. The fourth-order valence-corrected chi connectivity index (χ4v) is 3.61. The van der Waals surface area contributed by atoms with Crippen LogP contribution in [0.3, 0.4) is 0 Å². The SMILES string of the molecule is CC(C)C1CC(N2CCN(C3CNC3)CC2)CCO1. The Morgan fingerprint density at radius 2 is 1.63 bits per heavy atom. The van der Waals surface area contributed by atoms with Crippen molar-refractivity contribution < 1.29 is 4.74 Å². The minimum atomic E-state index is 0.479. The van der Waals surface area contributed by atoms with Crippen LogP contribution in [0.15, 0.2) is 0 Å². The lowest BCUT2D eigenvalue weighted by molar-refractivity contribution is -0.0586. The highest BCUT2D eigenvalue weighted by atomic mass is 16.5. The summed E-state index contributed by atoms with van der Waals surface area (Å²) in [4.78, 5) is 5.40. The first-order valence-electron chi connectivity index (χ1n) is 8.04. The Morgan fingerprint density at radius 1 is 1.00 bits per heavy atom. The van der Waals surface area contributed by atoms with Crippen LogP contribution in [0.2, 0.25) is 0 Å². The van der Waals surface area contributed by atoms with Crippen LogP contribution in [0.5, 0.6) is 0 Å². The Bertz CT molecular complexity index is 285. The molecule has 0 bridgehead atoms. The molecule has 0 radical (unpaired) electrons. The molecule has 0 aromatic rings. The van der Waals surface area contributed by atoms with Gasteiger partial charge in [-0.2, -0.15) is 0 Å². The van der Waals surface area contributed by atoms with Crippen molar-refractivity contribution in [2.24, 2.45) is 5.92 Å². The quantitative estimate of drug-likeness (QED) is 0.818. The van der Waals surface area contributed by atoms with E-state index in [1.165, 1.54) is 52.1 Å². The normalized spacial score (nSPS) is 35.5. The van der Waals surface area contributed by atoms with Gasteiger partial charge in [-0.3, -0.25) is 9.80 Å². The zero-order valence-corrected chi connectivity index (χ0v) is 12.5. The third-order valence-corrected chi connectivity index (χ3v) is 5.17. The number of nitrogens with zero attached hydrogens (tertiary/aromatic N) is 2. The van der Waals surface area contributed by atoms with Gasteiger partial charge in [0, 0.05) is 58.0 Å². The van der Waals surface area contributed by atoms with Crippen molar-refractivity contribution >= 4 is 0 Å². The molecule has 0 aromatic carbocycles. The zero-order valence-electron chi connectivity index (χ0n) is 12.5.